The van der Waals surface area contributed by atoms with Gasteiger partial charge in [-0.05, 0) is 41.8 Å². The van der Waals surface area contributed by atoms with E-state index >= 15 is 0 Å². The molecule has 122 valence electrons. The van der Waals surface area contributed by atoms with Gasteiger partial charge in [-0.2, -0.15) is 0 Å². The van der Waals surface area contributed by atoms with Crippen LogP contribution >= 0.6 is 0 Å². The average molecular weight is 323 g/mol. The predicted octanol–water partition coefficient (Wildman–Crippen LogP) is 4.97. The molecule has 4 rings (SSSR count). The van der Waals surface area contributed by atoms with Gasteiger partial charge in [0.2, 0.25) is 0 Å². The standard InChI is InChI=1S/C23H22BN/c1-2-18-13-15-21(16-14-18)24-22(19-9-5-3-6-10-19)17-23(25-24)20-11-7-4-8-12-20/h2-7,9-11,13-16,22H,1,8,12,17H2. The first-order chi connectivity index (χ1) is 12.3. The van der Waals surface area contributed by atoms with Crippen molar-refractivity contribution in [2.75, 3.05) is 0 Å². The second-order valence-corrected chi connectivity index (χ2v) is 6.77. The predicted molar refractivity (Wildman–Crippen MR) is 110 cm³/mol. The maximum Gasteiger partial charge on any atom is 0.319 e. The topological polar surface area (TPSA) is 12.4 Å². The van der Waals surface area contributed by atoms with Crippen LogP contribution in [0.5, 0.6) is 0 Å². The van der Waals surface area contributed by atoms with Gasteiger partial charge in [0.15, 0.2) is 0 Å². The van der Waals surface area contributed by atoms with Crippen molar-refractivity contribution in [3.63, 3.8) is 0 Å². The minimum absolute atomic E-state index is 0.197. The van der Waals surface area contributed by atoms with Crippen molar-refractivity contribution in [2.45, 2.75) is 25.1 Å². The Hall–Kier alpha value is -2.61. The van der Waals surface area contributed by atoms with E-state index in [9.17, 15) is 0 Å². The Morgan fingerprint density at radius 2 is 1.84 bits per heavy atom. The van der Waals surface area contributed by atoms with Crippen molar-refractivity contribution in [3.05, 3.63) is 96.1 Å². The van der Waals surface area contributed by atoms with Crippen LogP contribution in [-0.4, -0.2) is 12.6 Å². The molecule has 2 aliphatic rings. The number of allylic oxidation sites excluding steroid dienone is 4. The Morgan fingerprint density at radius 3 is 2.52 bits per heavy atom. The van der Waals surface area contributed by atoms with Crippen LogP contribution in [-0.2, 0) is 0 Å². The van der Waals surface area contributed by atoms with Crippen LogP contribution in [0.25, 0.3) is 6.08 Å². The van der Waals surface area contributed by atoms with E-state index in [1.54, 1.807) is 0 Å². The molecular formula is C23H22BN. The van der Waals surface area contributed by atoms with Crippen molar-refractivity contribution < 1.29 is 0 Å². The van der Waals surface area contributed by atoms with Crippen molar-refractivity contribution in [3.8, 4) is 0 Å². The third kappa shape index (κ3) is 3.30. The second-order valence-electron chi connectivity index (χ2n) is 6.77. The summed E-state index contributed by atoms with van der Waals surface area (Å²) in [7, 11) is 0. The molecule has 0 fully saturated rings. The lowest BCUT2D eigenvalue weighted by Gasteiger charge is -2.16. The molecular weight excluding hydrogens is 301 g/mol. The lowest BCUT2D eigenvalue weighted by Crippen LogP contribution is -2.32. The van der Waals surface area contributed by atoms with Gasteiger partial charge in [0.25, 0.3) is 0 Å². The zero-order chi connectivity index (χ0) is 17.1. The Kier molecular flexibility index (Phi) is 4.52. The second kappa shape index (κ2) is 7.10. The molecule has 2 heteroatoms. The number of benzene rings is 2. The molecule has 0 saturated carbocycles. The maximum atomic E-state index is 5.18. The molecule has 1 aliphatic carbocycles. The molecule has 2 aromatic carbocycles. The van der Waals surface area contributed by atoms with Crippen LogP contribution in [0.15, 0.2) is 89.9 Å². The molecule has 1 unspecified atom stereocenters. The summed E-state index contributed by atoms with van der Waals surface area (Å²) in [6.07, 6.45) is 11.8. The summed E-state index contributed by atoms with van der Waals surface area (Å²) in [5.74, 6) is 0.414. The van der Waals surface area contributed by atoms with E-state index in [0.29, 0.717) is 5.82 Å². The molecule has 0 bridgehead atoms. The van der Waals surface area contributed by atoms with Gasteiger partial charge in [0.1, 0.15) is 0 Å². The molecule has 0 aromatic heterocycles. The van der Waals surface area contributed by atoms with Crippen LogP contribution in [0.3, 0.4) is 0 Å². The van der Waals surface area contributed by atoms with E-state index in [2.05, 4.69) is 79.4 Å². The van der Waals surface area contributed by atoms with E-state index in [0.717, 1.165) is 24.8 Å². The third-order valence-electron chi connectivity index (χ3n) is 5.22. The summed E-state index contributed by atoms with van der Waals surface area (Å²) >= 11 is 0. The quantitative estimate of drug-likeness (QED) is 0.704. The molecule has 0 spiro atoms. The fourth-order valence-corrected chi connectivity index (χ4v) is 3.82. The van der Waals surface area contributed by atoms with Gasteiger partial charge in [-0.15, -0.1) is 0 Å². The molecule has 1 heterocycles. The van der Waals surface area contributed by atoms with Crippen LogP contribution in [0.1, 0.15) is 36.2 Å². The summed E-state index contributed by atoms with van der Waals surface area (Å²) in [5, 5.41) is 0. The number of hydrogen-bond donors (Lipinski definition) is 0. The summed E-state index contributed by atoms with van der Waals surface area (Å²) in [6, 6.07) is 19.5. The summed E-state index contributed by atoms with van der Waals surface area (Å²) < 4.78 is 0. The summed E-state index contributed by atoms with van der Waals surface area (Å²) in [4.78, 5) is 5.18. The average Bonchev–Trinajstić information content (AvgIpc) is 3.15. The highest BCUT2D eigenvalue weighted by atomic mass is 14.7. The van der Waals surface area contributed by atoms with Gasteiger partial charge in [0.05, 0.1) is 0 Å². The highest BCUT2D eigenvalue weighted by Crippen LogP contribution is 2.33. The van der Waals surface area contributed by atoms with Crippen LogP contribution in [0, 0.1) is 0 Å². The molecule has 2 aromatic rings. The number of hydrogen-bond acceptors (Lipinski definition) is 1. The minimum atomic E-state index is 0.197. The molecule has 1 nitrogen and oxygen atoms in total. The van der Waals surface area contributed by atoms with Crippen molar-refractivity contribution in [1.82, 2.24) is 0 Å². The number of nitrogens with zero attached hydrogens (tertiary/aromatic N) is 1. The smallest absolute Gasteiger partial charge is 0.319 e. The zero-order valence-electron chi connectivity index (χ0n) is 14.4. The van der Waals surface area contributed by atoms with E-state index in [4.69, 9.17) is 4.90 Å². The Morgan fingerprint density at radius 1 is 1.04 bits per heavy atom. The van der Waals surface area contributed by atoms with E-state index in [1.807, 2.05) is 6.08 Å². The minimum Gasteiger partial charge on any atom is -0.339 e. The van der Waals surface area contributed by atoms with Crippen molar-refractivity contribution >= 4 is 24.1 Å². The Labute approximate surface area is 150 Å². The molecule has 0 radical (unpaired) electrons. The maximum absolute atomic E-state index is 5.18. The van der Waals surface area contributed by atoms with Crippen molar-refractivity contribution in [1.29, 1.82) is 0 Å². The lowest BCUT2D eigenvalue weighted by atomic mass is 9.46. The number of rotatable bonds is 4. The Balaban J connectivity index is 1.71. The van der Waals surface area contributed by atoms with Gasteiger partial charge in [-0.3, -0.25) is 0 Å². The zero-order valence-corrected chi connectivity index (χ0v) is 14.4. The van der Waals surface area contributed by atoms with Crippen LogP contribution < -0.4 is 5.46 Å². The summed E-state index contributed by atoms with van der Waals surface area (Å²) in [6.45, 7) is 4.05. The van der Waals surface area contributed by atoms with Crippen LogP contribution in [0.2, 0.25) is 0 Å². The van der Waals surface area contributed by atoms with E-state index < -0.39 is 0 Å². The highest BCUT2D eigenvalue weighted by Gasteiger charge is 2.36. The largest absolute Gasteiger partial charge is 0.339 e. The molecule has 0 N–H and O–H groups in total. The molecule has 0 saturated heterocycles. The SMILES string of the molecule is C=Cc1ccc(B2N=C(C3=CC=CCC3)CC2c2ccccc2)cc1. The van der Waals surface area contributed by atoms with E-state index in [-0.39, 0.29) is 6.85 Å². The van der Waals surface area contributed by atoms with Crippen molar-refractivity contribution in [2.24, 2.45) is 4.90 Å². The normalized spacial score (nSPS) is 19.5. The molecule has 0 amide bonds. The highest BCUT2D eigenvalue weighted by molar-refractivity contribution is 6.76. The first-order valence-corrected chi connectivity index (χ1v) is 9.05. The first-order valence-electron chi connectivity index (χ1n) is 9.05. The summed E-state index contributed by atoms with van der Waals surface area (Å²) in [5.41, 5.74) is 6.53. The first kappa shape index (κ1) is 15.9. The van der Waals surface area contributed by atoms with Gasteiger partial charge < -0.3 is 4.90 Å². The van der Waals surface area contributed by atoms with Gasteiger partial charge in [0, 0.05) is 5.71 Å². The lowest BCUT2D eigenvalue weighted by molar-refractivity contribution is 0.959. The fourth-order valence-electron chi connectivity index (χ4n) is 3.82. The van der Waals surface area contributed by atoms with E-state index in [1.165, 1.54) is 22.3 Å². The van der Waals surface area contributed by atoms with Gasteiger partial charge in [-0.25, -0.2) is 0 Å². The molecule has 25 heavy (non-hydrogen) atoms. The fraction of sp³-hybridized carbons (Fsp3) is 0.174. The molecule has 1 aliphatic heterocycles. The van der Waals surface area contributed by atoms with Crippen LogP contribution in [0.4, 0.5) is 0 Å². The third-order valence-corrected chi connectivity index (χ3v) is 5.22. The Bertz CT molecular complexity index is 843. The van der Waals surface area contributed by atoms with Gasteiger partial charge >= 0.3 is 6.85 Å². The molecule has 1 atom stereocenters. The monoisotopic (exact) mass is 323 g/mol. The van der Waals surface area contributed by atoms with Gasteiger partial charge in [-0.1, -0.05) is 90.9 Å².